The Morgan fingerprint density at radius 1 is 0.676 bits per heavy atom. The van der Waals surface area contributed by atoms with Gasteiger partial charge in [-0.1, -0.05) is 26.0 Å². The molecule has 1 unspecified atom stereocenters. The Hall–Kier alpha value is -2.79. The summed E-state index contributed by atoms with van der Waals surface area (Å²) in [4.78, 5) is 28.2. The molecule has 0 aliphatic carbocycles. The highest BCUT2D eigenvalue weighted by atomic mass is 31.2. The Kier molecular flexibility index (Phi) is 10.2. The van der Waals surface area contributed by atoms with E-state index in [0.717, 1.165) is 0 Å². The highest BCUT2D eigenvalue weighted by molar-refractivity contribution is 7.96. The summed E-state index contributed by atoms with van der Waals surface area (Å²) < 4.78 is 37.4. The normalized spacial score (nSPS) is 12.1. The van der Waals surface area contributed by atoms with Gasteiger partial charge >= 0.3 is 0 Å². The first-order valence-electron chi connectivity index (χ1n) is 11.8. The minimum Gasteiger partial charge on any atom is -0.493 e. The molecule has 0 radical (unpaired) electrons. The zero-order valence-electron chi connectivity index (χ0n) is 20.9. The van der Waals surface area contributed by atoms with Crippen LogP contribution < -0.4 is 18.9 Å². The second kappa shape index (κ2) is 12.6. The van der Waals surface area contributed by atoms with E-state index >= 15 is 0 Å². The lowest BCUT2D eigenvalue weighted by Crippen LogP contribution is -2.21. The van der Waals surface area contributed by atoms with E-state index in [1.807, 2.05) is 0 Å². The predicted octanol–water partition coefficient (Wildman–Crippen LogP) is 6.42. The maximum atomic E-state index is 14.6. The van der Waals surface area contributed by atoms with Crippen LogP contribution in [0.2, 0.25) is 0 Å². The van der Waals surface area contributed by atoms with E-state index in [0.29, 0.717) is 32.8 Å². The second-order valence-electron chi connectivity index (χ2n) is 7.52. The van der Waals surface area contributed by atoms with Crippen LogP contribution in [0, 0.1) is 0 Å². The van der Waals surface area contributed by atoms with Gasteiger partial charge in [0.2, 0.25) is 18.2 Å². The molecule has 0 bridgehead atoms. The van der Waals surface area contributed by atoms with Crippen LogP contribution in [0.4, 0.5) is 0 Å². The molecule has 0 spiro atoms. The molecule has 8 heteroatoms. The van der Waals surface area contributed by atoms with Gasteiger partial charge in [-0.3, -0.25) is 9.59 Å². The van der Waals surface area contributed by atoms with E-state index in [-0.39, 0.29) is 34.1 Å². The number of hydrogen-bond donors (Lipinski definition) is 0. The first-order valence-corrected chi connectivity index (χ1v) is 13.6. The molecule has 0 aliphatic heterocycles. The third kappa shape index (κ3) is 5.47. The molecule has 2 rings (SSSR count). The summed E-state index contributed by atoms with van der Waals surface area (Å²) in [5.74, 6) is 0.937. The van der Waals surface area contributed by atoms with Crippen molar-refractivity contribution in [3.8, 4) is 23.0 Å². The second-order valence-corrected chi connectivity index (χ2v) is 10.5. The molecule has 34 heavy (non-hydrogen) atoms. The molecule has 2 aromatic rings. The third-order valence-corrected chi connectivity index (χ3v) is 8.68. The summed E-state index contributed by atoms with van der Waals surface area (Å²) in [5, 5.41) is 0. The average Bonchev–Trinajstić information content (AvgIpc) is 2.83. The van der Waals surface area contributed by atoms with Crippen molar-refractivity contribution in [2.45, 2.75) is 53.6 Å². The van der Waals surface area contributed by atoms with Crippen LogP contribution in [0.5, 0.6) is 23.0 Å². The van der Waals surface area contributed by atoms with Gasteiger partial charge in [0.1, 0.15) is 34.1 Å². The fourth-order valence-corrected chi connectivity index (χ4v) is 6.23. The van der Waals surface area contributed by atoms with Gasteiger partial charge in [-0.15, -0.1) is 0 Å². The minimum absolute atomic E-state index is 0.0232. The molecule has 0 fully saturated rings. The highest BCUT2D eigenvalue weighted by Crippen LogP contribution is 2.60. The Morgan fingerprint density at radius 2 is 0.971 bits per heavy atom. The van der Waals surface area contributed by atoms with Crippen LogP contribution in [0.15, 0.2) is 36.4 Å². The van der Waals surface area contributed by atoms with Crippen LogP contribution >= 0.6 is 7.14 Å². The number of benzene rings is 2. The van der Waals surface area contributed by atoms with Crippen LogP contribution in [-0.4, -0.2) is 43.1 Å². The van der Waals surface area contributed by atoms with Gasteiger partial charge in [0.05, 0.1) is 26.4 Å². The summed E-state index contributed by atoms with van der Waals surface area (Å²) in [6.07, 6.45) is 0.357. The van der Waals surface area contributed by atoms with Gasteiger partial charge in [-0.2, -0.15) is 0 Å². The van der Waals surface area contributed by atoms with E-state index in [1.54, 1.807) is 77.9 Å². The highest BCUT2D eigenvalue weighted by Gasteiger charge is 2.48. The monoisotopic (exact) mass is 490 g/mol. The number of rotatable bonds is 14. The van der Waals surface area contributed by atoms with Gasteiger partial charge in [0.15, 0.2) is 0 Å². The molecule has 0 amide bonds. The minimum atomic E-state index is -4.24. The largest absolute Gasteiger partial charge is 0.493 e. The lowest BCUT2D eigenvalue weighted by molar-refractivity contribution is 0.102. The molecule has 0 saturated carbocycles. The molecule has 0 saturated heterocycles. The van der Waals surface area contributed by atoms with Crippen molar-refractivity contribution >= 4 is 18.2 Å². The molecule has 0 heterocycles. The van der Waals surface area contributed by atoms with Crippen molar-refractivity contribution in [2.24, 2.45) is 0 Å². The Balaban J connectivity index is 2.81. The number of ether oxygens (including phenoxy) is 4. The Labute approximate surface area is 202 Å². The van der Waals surface area contributed by atoms with E-state index in [2.05, 4.69) is 0 Å². The van der Waals surface area contributed by atoms with Crippen LogP contribution in [0.25, 0.3) is 0 Å². The summed E-state index contributed by atoms with van der Waals surface area (Å²) in [7, 11) is -4.24. The van der Waals surface area contributed by atoms with Crippen molar-refractivity contribution in [2.75, 3.05) is 26.4 Å². The molecular weight excluding hydrogens is 455 g/mol. The molecule has 1 atom stereocenters. The lowest BCUT2D eigenvalue weighted by Gasteiger charge is -2.25. The Morgan fingerprint density at radius 3 is 1.21 bits per heavy atom. The standard InChI is InChI=1S/C26H35O7P/c1-7-18(6)34(29,25(27)23-19(30-8-2)14-12-15-20(23)31-9-3)26(28)24-21(32-10-4)16-13-17-22(24)33-11-5/h12-18H,7-11H2,1-6H3. The topological polar surface area (TPSA) is 88.1 Å². The molecule has 0 aromatic heterocycles. The fraction of sp³-hybridized carbons (Fsp3) is 0.462. The zero-order chi connectivity index (χ0) is 25.3. The lowest BCUT2D eigenvalue weighted by atomic mass is 10.2. The van der Waals surface area contributed by atoms with Gasteiger partial charge in [-0.25, -0.2) is 0 Å². The quantitative estimate of drug-likeness (QED) is 0.282. The van der Waals surface area contributed by atoms with E-state index < -0.39 is 23.8 Å². The molecule has 7 nitrogen and oxygen atoms in total. The average molecular weight is 491 g/mol. The third-order valence-electron chi connectivity index (χ3n) is 5.42. The first-order chi connectivity index (χ1) is 16.3. The fourth-order valence-electron chi connectivity index (χ4n) is 3.63. The van der Waals surface area contributed by atoms with Crippen LogP contribution in [0.3, 0.4) is 0 Å². The smallest absolute Gasteiger partial charge is 0.236 e. The van der Waals surface area contributed by atoms with Crippen molar-refractivity contribution in [3.63, 3.8) is 0 Å². The van der Waals surface area contributed by atoms with Crippen molar-refractivity contribution < 1.29 is 33.1 Å². The van der Waals surface area contributed by atoms with Crippen molar-refractivity contribution in [3.05, 3.63) is 47.5 Å². The van der Waals surface area contributed by atoms with Gasteiger partial charge < -0.3 is 23.5 Å². The maximum absolute atomic E-state index is 14.6. The number of carbonyl (C=O) groups is 2. The molecule has 0 aliphatic rings. The van der Waals surface area contributed by atoms with Crippen LogP contribution in [-0.2, 0) is 4.57 Å². The molecule has 186 valence electrons. The van der Waals surface area contributed by atoms with E-state index in [1.165, 1.54) is 0 Å². The summed E-state index contributed by atoms with van der Waals surface area (Å²) in [6.45, 7) is 11.8. The van der Waals surface area contributed by atoms with E-state index in [4.69, 9.17) is 18.9 Å². The Bertz CT molecular complexity index is 923. The van der Waals surface area contributed by atoms with Gasteiger partial charge in [0, 0.05) is 5.66 Å². The zero-order valence-corrected chi connectivity index (χ0v) is 21.8. The number of carbonyl (C=O) groups excluding carboxylic acids is 2. The van der Waals surface area contributed by atoms with Crippen molar-refractivity contribution in [1.82, 2.24) is 0 Å². The SMILES string of the molecule is CCOc1cccc(OCC)c1C(=O)P(=O)(C(=O)c1c(OCC)cccc1OCC)C(C)CC. The first kappa shape index (κ1) is 27.5. The molecule has 0 N–H and O–H groups in total. The van der Waals surface area contributed by atoms with Crippen molar-refractivity contribution in [1.29, 1.82) is 0 Å². The summed E-state index contributed by atoms with van der Waals surface area (Å²) in [6, 6.07) is 9.85. The van der Waals surface area contributed by atoms with E-state index in [9.17, 15) is 14.2 Å². The van der Waals surface area contributed by atoms with Gasteiger partial charge in [-0.05, 0) is 58.4 Å². The predicted molar refractivity (Wildman–Crippen MR) is 134 cm³/mol. The molecule has 2 aromatic carbocycles. The molecular formula is C26H35O7P. The van der Waals surface area contributed by atoms with Crippen LogP contribution in [0.1, 0.15) is 68.7 Å². The van der Waals surface area contributed by atoms with Gasteiger partial charge in [0.25, 0.3) is 0 Å². The summed E-state index contributed by atoms with van der Waals surface area (Å²) >= 11 is 0. The maximum Gasteiger partial charge on any atom is 0.236 e. The number of hydrogen-bond acceptors (Lipinski definition) is 7. The summed E-state index contributed by atoms with van der Waals surface area (Å²) in [5.41, 5.74) is -2.24.